The van der Waals surface area contributed by atoms with Crippen LogP contribution in [0.2, 0.25) is 0 Å². The molecule has 0 bridgehead atoms. The molecule has 0 unspecified atom stereocenters. The quantitative estimate of drug-likeness (QED) is 0.521. The smallest absolute Gasteiger partial charge is 0.289 e. The molecule has 0 radical (unpaired) electrons. The van der Waals surface area contributed by atoms with Gasteiger partial charge in [0.25, 0.3) is 17.3 Å². The van der Waals surface area contributed by atoms with E-state index in [0.29, 0.717) is 0 Å². The minimum Gasteiger partial charge on any atom is -0.349 e. The molecule has 22 heavy (non-hydrogen) atoms. The summed E-state index contributed by atoms with van der Waals surface area (Å²) in [5.74, 6) is -0.548. The summed E-state index contributed by atoms with van der Waals surface area (Å²) in [6, 6.07) is 3.07. The normalized spacial score (nSPS) is 15.8. The Kier molecular flexibility index (Phi) is 5.03. The van der Waals surface area contributed by atoms with Crippen LogP contribution in [-0.2, 0) is 0 Å². The lowest BCUT2D eigenvalue weighted by Crippen LogP contribution is -2.34. The maximum absolute atomic E-state index is 12.2. The summed E-state index contributed by atoms with van der Waals surface area (Å²) < 4.78 is 0. The van der Waals surface area contributed by atoms with Crippen molar-refractivity contribution in [2.24, 2.45) is 0 Å². The number of carbonyl (C=O) groups excluding carboxylic acids is 1. The molecule has 1 aromatic rings. The van der Waals surface area contributed by atoms with Gasteiger partial charge in [0.15, 0.2) is 0 Å². The summed E-state index contributed by atoms with van der Waals surface area (Å²) in [7, 11) is 0. The molecule has 2 rings (SSSR count). The molecule has 118 valence electrons. The highest BCUT2D eigenvalue weighted by Crippen LogP contribution is 2.25. The van der Waals surface area contributed by atoms with Crippen molar-refractivity contribution in [3.05, 3.63) is 44.0 Å². The van der Waals surface area contributed by atoms with Gasteiger partial charge in [-0.1, -0.05) is 25.7 Å². The summed E-state index contributed by atoms with van der Waals surface area (Å²) >= 11 is 0. The predicted molar refractivity (Wildman–Crippen MR) is 78.7 cm³/mol. The Morgan fingerprint density at radius 1 is 1.05 bits per heavy atom. The van der Waals surface area contributed by atoms with Gasteiger partial charge in [0.2, 0.25) is 0 Å². The third-order valence-electron chi connectivity index (χ3n) is 3.82. The van der Waals surface area contributed by atoms with Crippen LogP contribution in [-0.4, -0.2) is 21.8 Å². The highest BCUT2D eigenvalue weighted by atomic mass is 16.6. The molecule has 0 saturated heterocycles. The third-order valence-corrected chi connectivity index (χ3v) is 3.82. The first kappa shape index (κ1) is 15.9. The molecule has 1 N–H and O–H groups in total. The molecule has 0 atom stereocenters. The topological polar surface area (TPSA) is 115 Å². The first-order valence-electron chi connectivity index (χ1n) is 7.22. The van der Waals surface area contributed by atoms with E-state index in [1.165, 1.54) is 0 Å². The molecule has 1 saturated carbocycles. The second kappa shape index (κ2) is 6.97. The van der Waals surface area contributed by atoms with Crippen LogP contribution >= 0.6 is 0 Å². The summed E-state index contributed by atoms with van der Waals surface area (Å²) in [5.41, 5.74) is -1.09. The number of nitro benzene ring substituents is 2. The molecule has 0 aromatic heterocycles. The Morgan fingerprint density at radius 3 is 2.23 bits per heavy atom. The Hall–Kier alpha value is -2.51. The fourth-order valence-corrected chi connectivity index (χ4v) is 2.66. The summed E-state index contributed by atoms with van der Waals surface area (Å²) in [5, 5.41) is 24.6. The Balaban J connectivity index is 2.20. The SMILES string of the molecule is O=C(NC1CCCCCC1)c1ccc([N+](=O)[O-])cc1[N+](=O)[O-]. The van der Waals surface area contributed by atoms with Crippen LogP contribution in [0, 0.1) is 20.2 Å². The van der Waals surface area contributed by atoms with Gasteiger partial charge in [-0.15, -0.1) is 0 Å². The van der Waals surface area contributed by atoms with Crippen molar-refractivity contribution in [1.29, 1.82) is 0 Å². The maximum atomic E-state index is 12.2. The number of nitrogens with one attached hydrogen (secondary N) is 1. The number of nitrogens with zero attached hydrogens (tertiary/aromatic N) is 2. The Bertz CT molecular complexity index is 594. The number of amides is 1. The van der Waals surface area contributed by atoms with Crippen LogP contribution < -0.4 is 5.32 Å². The largest absolute Gasteiger partial charge is 0.349 e. The van der Waals surface area contributed by atoms with Crippen molar-refractivity contribution in [1.82, 2.24) is 5.32 Å². The Labute approximate surface area is 126 Å². The number of nitro groups is 2. The van der Waals surface area contributed by atoms with Gasteiger partial charge in [-0.3, -0.25) is 25.0 Å². The molecular weight excluding hydrogens is 290 g/mol. The summed E-state index contributed by atoms with van der Waals surface area (Å²) in [6.45, 7) is 0. The molecule has 0 spiro atoms. The molecule has 1 fully saturated rings. The van der Waals surface area contributed by atoms with Gasteiger partial charge in [-0.25, -0.2) is 0 Å². The van der Waals surface area contributed by atoms with Gasteiger partial charge >= 0.3 is 0 Å². The van der Waals surface area contributed by atoms with Crippen molar-refractivity contribution in [3.8, 4) is 0 Å². The standard InChI is InChI=1S/C14H17N3O5/c18-14(15-10-5-3-1-2-4-6-10)12-8-7-11(16(19)20)9-13(12)17(21)22/h7-10H,1-6H2,(H,15,18). The average molecular weight is 307 g/mol. The van der Waals surface area contributed by atoms with Crippen LogP contribution in [0.1, 0.15) is 48.9 Å². The van der Waals surface area contributed by atoms with E-state index in [2.05, 4.69) is 5.32 Å². The van der Waals surface area contributed by atoms with Crippen LogP contribution in [0.4, 0.5) is 11.4 Å². The lowest BCUT2D eigenvalue weighted by molar-refractivity contribution is -0.394. The van der Waals surface area contributed by atoms with Crippen LogP contribution in [0.15, 0.2) is 18.2 Å². The van der Waals surface area contributed by atoms with E-state index < -0.39 is 27.1 Å². The molecule has 1 aromatic carbocycles. The third kappa shape index (κ3) is 3.78. The lowest BCUT2D eigenvalue weighted by Gasteiger charge is -2.16. The zero-order valence-electron chi connectivity index (χ0n) is 12.0. The molecule has 1 amide bonds. The molecule has 8 nitrogen and oxygen atoms in total. The van der Waals surface area contributed by atoms with Gasteiger partial charge < -0.3 is 5.32 Å². The van der Waals surface area contributed by atoms with E-state index in [1.54, 1.807) is 0 Å². The van der Waals surface area contributed by atoms with Crippen LogP contribution in [0.3, 0.4) is 0 Å². The number of benzene rings is 1. The van der Waals surface area contributed by atoms with Crippen molar-refractivity contribution in [3.63, 3.8) is 0 Å². The van der Waals surface area contributed by atoms with E-state index in [4.69, 9.17) is 0 Å². The number of carbonyl (C=O) groups is 1. The predicted octanol–water partition coefficient (Wildman–Crippen LogP) is 2.96. The lowest BCUT2D eigenvalue weighted by atomic mass is 10.1. The van der Waals surface area contributed by atoms with E-state index in [-0.39, 0.29) is 11.6 Å². The van der Waals surface area contributed by atoms with Gasteiger partial charge in [-0.05, 0) is 18.9 Å². The molecule has 0 aliphatic heterocycles. The van der Waals surface area contributed by atoms with E-state index in [0.717, 1.165) is 56.7 Å². The van der Waals surface area contributed by atoms with Gasteiger partial charge in [0, 0.05) is 12.1 Å². The first-order chi connectivity index (χ1) is 10.5. The number of hydrogen-bond acceptors (Lipinski definition) is 5. The summed E-state index contributed by atoms with van der Waals surface area (Å²) in [4.78, 5) is 32.5. The van der Waals surface area contributed by atoms with Gasteiger partial charge in [-0.2, -0.15) is 0 Å². The highest BCUT2D eigenvalue weighted by Gasteiger charge is 2.25. The van der Waals surface area contributed by atoms with E-state index >= 15 is 0 Å². The Morgan fingerprint density at radius 2 is 1.68 bits per heavy atom. The fraction of sp³-hybridized carbons (Fsp3) is 0.500. The fourth-order valence-electron chi connectivity index (χ4n) is 2.66. The van der Waals surface area contributed by atoms with Gasteiger partial charge in [0.05, 0.1) is 15.9 Å². The maximum Gasteiger partial charge on any atom is 0.289 e. The highest BCUT2D eigenvalue weighted by molar-refractivity contribution is 5.98. The summed E-state index contributed by atoms with van der Waals surface area (Å²) in [6.07, 6.45) is 6.01. The minimum atomic E-state index is -0.769. The van der Waals surface area contributed by atoms with E-state index in [9.17, 15) is 25.0 Å². The minimum absolute atomic E-state index is 0.00444. The molecule has 0 heterocycles. The zero-order chi connectivity index (χ0) is 16.1. The van der Waals surface area contributed by atoms with Crippen molar-refractivity contribution >= 4 is 17.3 Å². The average Bonchev–Trinajstić information content (AvgIpc) is 2.75. The molecular formula is C14H17N3O5. The van der Waals surface area contributed by atoms with Crippen molar-refractivity contribution < 1.29 is 14.6 Å². The van der Waals surface area contributed by atoms with Crippen LogP contribution in [0.25, 0.3) is 0 Å². The number of hydrogen-bond donors (Lipinski definition) is 1. The van der Waals surface area contributed by atoms with Gasteiger partial charge in [0.1, 0.15) is 5.56 Å². The van der Waals surface area contributed by atoms with Crippen LogP contribution in [0.5, 0.6) is 0 Å². The van der Waals surface area contributed by atoms with E-state index in [1.807, 2.05) is 0 Å². The first-order valence-corrected chi connectivity index (χ1v) is 7.22. The second-order valence-corrected chi connectivity index (χ2v) is 5.38. The molecule has 1 aliphatic carbocycles. The number of non-ortho nitro benzene ring substituents is 1. The second-order valence-electron chi connectivity index (χ2n) is 5.38. The molecule has 8 heteroatoms. The zero-order valence-corrected chi connectivity index (χ0v) is 12.0. The van der Waals surface area contributed by atoms with Crippen molar-refractivity contribution in [2.75, 3.05) is 0 Å². The van der Waals surface area contributed by atoms with Crippen molar-refractivity contribution in [2.45, 2.75) is 44.6 Å². The molecule has 1 aliphatic rings. The monoisotopic (exact) mass is 307 g/mol. The number of rotatable bonds is 4.